The number of ether oxygens (including phenoxy) is 1. The molecule has 1 saturated carbocycles. The summed E-state index contributed by atoms with van der Waals surface area (Å²) in [6.07, 6.45) is 4.59. The molecule has 1 aliphatic heterocycles. The van der Waals surface area contributed by atoms with Crippen LogP contribution in [0.5, 0.6) is 0 Å². The Labute approximate surface area is 136 Å². The maximum atomic E-state index is 12.4. The molecule has 0 spiro atoms. The zero-order chi connectivity index (χ0) is 16.6. The summed E-state index contributed by atoms with van der Waals surface area (Å²) in [5, 5.41) is 2.98. The summed E-state index contributed by atoms with van der Waals surface area (Å²) in [5.41, 5.74) is 0.0859. The van der Waals surface area contributed by atoms with Crippen LogP contribution >= 0.6 is 0 Å². The van der Waals surface area contributed by atoms with Crippen molar-refractivity contribution in [2.45, 2.75) is 45.3 Å². The van der Waals surface area contributed by atoms with E-state index in [-0.39, 0.29) is 18.0 Å². The summed E-state index contributed by atoms with van der Waals surface area (Å²) in [6, 6.07) is 1.77. The van der Waals surface area contributed by atoms with Gasteiger partial charge in [-0.3, -0.25) is 4.79 Å². The van der Waals surface area contributed by atoms with Gasteiger partial charge in [0, 0.05) is 25.0 Å². The second kappa shape index (κ2) is 5.91. The first kappa shape index (κ1) is 15.9. The number of amides is 2. The number of alkyl carbamates (subject to hydrolysis) is 1. The second-order valence-electron chi connectivity index (χ2n) is 7.48. The highest BCUT2D eigenvalue weighted by atomic mass is 16.6. The molecule has 6 nitrogen and oxygen atoms in total. The zero-order valence-corrected chi connectivity index (χ0v) is 13.9. The van der Waals surface area contributed by atoms with Crippen molar-refractivity contribution in [1.82, 2.24) is 10.2 Å². The van der Waals surface area contributed by atoms with E-state index < -0.39 is 5.60 Å². The molecule has 3 rings (SSSR count). The summed E-state index contributed by atoms with van der Waals surface area (Å²) in [5.74, 6) is 0.758. The maximum absolute atomic E-state index is 12.4. The van der Waals surface area contributed by atoms with Gasteiger partial charge in [-0.2, -0.15) is 0 Å². The van der Waals surface area contributed by atoms with Crippen molar-refractivity contribution in [3.05, 3.63) is 24.2 Å². The lowest BCUT2D eigenvalue weighted by molar-refractivity contribution is 0.0491. The molecule has 1 saturated heterocycles. The number of hydrogen-bond acceptors (Lipinski definition) is 4. The van der Waals surface area contributed by atoms with Crippen LogP contribution in [0.1, 0.15) is 44.0 Å². The molecule has 2 fully saturated rings. The van der Waals surface area contributed by atoms with E-state index in [4.69, 9.17) is 9.15 Å². The lowest BCUT2D eigenvalue weighted by Gasteiger charge is -2.24. The highest BCUT2D eigenvalue weighted by Crippen LogP contribution is 2.38. The predicted octanol–water partition coefficient (Wildman–Crippen LogP) is 2.65. The zero-order valence-electron chi connectivity index (χ0n) is 13.9. The van der Waals surface area contributed by atoms with Crippen molar-refractivity contribution in [2.24, 2.45) is 11.8 Å². The van der Waals surface area contributed by atoms with Gasteiger partial charge in [0.05, 0.1) is 11.8 Å². The summed E-state index contributed by atoms with van der Waals surface area (Å²) in [6.45, 7) is 6.98. The quantitative estimate of drug-likeness (QED) is 0.909. The van der Waals surface area contributed by atoms with Gasteiger partial charge in [0.15, 0.2) is 0 Å². The largest absolute Gasteiger partial charge is 0.472 e. The number of nitrogens with one attached hydrogen (secondary N) is 1. The van der Waals surface area contributed by atoms with Crippen LogP contribution in [0.25, 0.3) is 0 Å². The molecule has 0 radical (unpaired) electrons. The second-order valence-corrected chi connectivity index (χ2v) is 7.48. The summed E-state index contributed by atoms with van der Waals surface area (Å²) < 4.78 is 10.3. The van der Waals surface area contributed by atoms with Gasteiger partial charge >= 0.3 is 6.09 Å². The minimum atomic E-state index is -0.499. The van der Waals surface area contributed by atoms with E-state index >= 15 is 0 Å². The van der Waals surface area contributed by atoms with Crippen LogP contribution in [0.2, 0.25) is 0 Å². The van der Waals surface area contributed by atoms with E-state index in [2.05, 4.69) is 5.32 Å². The van der Waals surface area contributed by atoms with E-state index in [1.165, 1.54) is 12.5 Å². The van der Waals surface area contributed by atoms with E-state index in [1.54, 1.807) is 6.07 Å². The Hall–Kier alpha value is -1.98. The molecule has 2 amide bonds. The average molecular weight is 320 g/mol. The number of carbonyl (C=O) groups excluding carboxylic acids is 2. The molecule has 6 heteroatoms. The average Bonchev–Trinajstić information content (AvgIpc) is 3.13. The third-order valence-electron chi connectivity index (χ3n) is 4.61. The molecular weight excluding hydrogens is 296 g/mol. The van der Waals surface area contributed by atoms with Gasteiger partial charge in [0.2, 0.25) is 0 Å². The van der Waals surface area contributed by atoms with Crippen molar-refractivity contribution < 1.29 is 18.7 Å². The van der Waals surface area contributed by atoms with Crippen molar-refractivity contribution in [2.75, 3.05) is 13.1 Å². The Balaban J connectivity index is 1.59. The Kier molecular flexibility index (Phi) is 4.08. The van der Waals surface area contributed by atoms with Crippen LogP contribution in [-0.4, -0.2) is 41.6 Å². The first-order valence-corrected chi connectivity index (χ1v) is 8.14. The molecule has 0 unspecified atom stereocenters. The van der Waals surface area contributed by atoms with Crippen LogP contribution in [0, 0.1) is 11.8 Å². The molecule has 2 aliphatic rings. The number of likely N-dealkylation sites (tertiary alicyclic amines) is 1. The number of carbonyl (C=O) groups is 2. The monoisotopic (exact) mass is 320 g/mol. The number of rotatable bonds is 2. The van der Waals surface area contributed by atoms with Crippen molar-refractivity contribution in [1.29, 1.82) is 0 Å². The van der Waals surface area contributed by atoms with Crippen LogP contribution in [0.3, 0.4) is 0 Å². The fourth-order valence-corrected chi connectivity index (χ4v) is 3.64. The van der Waals surface area contributed by atoms with Gasteiger partial charge < -0.3 is 19.4 Å². The molecular formula is C17H24N2O4. The minimum Gasteiger partial charge on any atom is -0.472 e. The molecule has 23 heavy (non-hydrogen) atoms. The predicted molar refractivity (Wildman–Crippen MR) is 84.0 cm³/mol. The molecule has 1 aromatic rings. The smallest absolute Gasteiger partial charge is 0.407 e. The first-order chi connectivity index (χ1) is 10.8. The number of fused-ring (bicyclic) bond motifs is 1. The molecule has 1 N–H and O–H groups in total. The molecule has 2 heterocycles. The molecule has 126 valence electrons. The van der Waals surface area contributed by atoms with E-state index in [0.29, 0.717) is 23.9 Å². The molecule has 3 atom stereocenters. The minimum absolute atomic E-state index is 0.00386. The van der Waals surface area contributed by atoms with Crippen LogP contribution in [-0.2, 0) is 4.74 Å². The third kappa shape index (κ3) is 3.51. The van der Waals surface area contributed by atoms with Crippen molar-refractivity contribution in [3.63, 3.8) is 0 Å². The summed E-state index contributed by atoms with van der Waals surface area (Å²) in [7, 11) is 0. The number of furan rings is 1. The van der Waals surface area contributed by atoms with E-state index in [0.717, 1.165) is 19.4 Å². The van der Waals surface area contributed by atoms with E-state index in [1.807, 2.05) is 25.7 Å². The van der Waals surface area contributed by atoms with Crippen LogP contribution in [0.4, 0.5) is 4.79 Å². The lowest BCUT2D eigenvalue weighted by atomic mass is 9.98. The maximum Gasteiger partial charge on any atom is 0.407 e. The molecule has 1 aromatic heterocycles. The lowest BCUT2D eigenvalue weighted by Crippen LogP contribution is -2.42. The van der Waals surface area contributed by atoms with Crippen LogP contribution in [0.15, 0.2) is 23.0 Å². The van der Waals surface area contributed by atoms with Gasteiger partial charge in [-0.25, -0.2) is 4.79 Å². The van der Waals surface area contributed by atoms with Crippen LogP contribution < -0.4 is 5.32 Å². The number of hydrogen-bond donors (Lipinski definition) is 1. The van der Waals surface area contributed by atoms with Gasteiger partial charge in [-0.1, -0.05) is 0 Å². The SMILES string of the molecule is CC(C)(C)OC(=O)N[C@@H]1CC[C@H]2CN(C(=O)c3ccoc3)C[C@H]21. The molecule has 0 aromatic carbocycles. The van der Waals surface area contributed by atoms with Crippen molar-refractivity contribution in [3.8, 4) is 0 Å². The highest BCUT2D eigenvalue weighted by Gasteiger charge is 2.45. The molecule has 0 bridgehead atoms. The summed E-state index contributed by atoms with van der Waals surface area (Å²) in [4.78, 5) is 26.3. The Morgan fingerprint density at radius 3 is 2.74 bits per heavy atom. The first-order valence-electron chi connectivity index (χ1n) is 8.14. The van der Waals surface area contributed by atoms with Gasteiger partial charge in [-0.15, -0.1) is 0 Å². The number of nitrogens with zero attached hydrogens (tertiary/aromatic N) is 1. The highest BCUT2D eigenvalue weighted by molar-refractivity contribution is 5.94. The Morgan fingerprint density at radius 2 is 2.09 bits per heavy atom. The molecule has 1 aliphatic carbocycles. The third-order valence-corrected chi connectivity index (χ3v) is 4.61. The Morgan fingerprint density at radius 1 is 1.30 bits per heavy atom. The van der Waals surface area contributed by atoms with E-state index in [9.17, 15) is 9.59 Å². The van der Waals surface area contributed by atoms with Gasteiger partial charge in [0.1, 0.15) is 11.9 Å². The van der Waals surface area contributed by atoms with Gasteiger partial charge in [-0.05, 0) is 45.6 Å². The topological polar surface area (TPSA) is 71.8 Å². The fraction of sp³-hybridized carbons (Fsp3) is 0.647. The van der Waals surface area contributed by atoms with Crippen molar-refractivity contribution >= 4 is 12.0 Å². The fourth-order valence-electron chi connectivity index (χ4n) is 3.64. The Bertz CT molecular complexity index is 576. The summed E-state index contributed by atoms with van der Waals surface area (Å²) >= 11 is 0. The normalized spacial score (nSPS) is 26.9. The standard InChI is InChI=1S/C17H24N2O4/c1-17(2,3)23-16(21)18-14-5-4-11-8-19(9-13(11)14)15(20)12-6-7-22-10-12/h6-7,10-11,13-14H,4-5,8-9H2,1-3H3,(H,18,21)/t11-,13+,14+/m0/s1. The van der Waals surface area contributed by atoms with Gasteiger partial charge in [0.25, 0.3) is 5.91 Å².